The second kappa shape index (κ2) is 7.42. The summed E-state index contributed by atoms with van der Waals surface area (Å²) >= 11 is 0. The zero-order chi connectivity index (χ0) is 16.1. The van der Waals surface area contributed by atoms with E-state index < -0.39 is 0 Å². The first kappa shape index (κ1) is 15.7. The number of nitrogens with zero attached hydrogens (tertiary/aromatic N) is 2. The Bertz CT molecular complexity index is 633. The Morgan fingerprint density at radius 3 is 2.74 bits per heavy atom. The van der Waals surface area contributed by atoms with E-state index in [4.69, 9.17) is 4.52 Å². The minimum Gasteiger partial charge on any atom is -0.355 e. The van der Waals surface area contributed by atoms with E-state index in [1.54, 1.807) is 6.07 Å². The smallest absolute Gasteiger partial charge is 0.273 e. The number of hydrogen-bond acceptors (Lipinski definition) is 4. The highest BCUT2D eigenvalue weighted by atomic mass is 16.5. The van der Waals surface area contributed by atoms with Crippen LogP contribution in [0, 0.1) is 0 Å². The second-order valence-corrected chi connectivity index (χ2v) is 6.10. The molecule has 1 amide bonds. The first-order chi connectivity index (χ1) is 11.2. The summed E-state index contributed by atoms with van der Waals surface area (Å²) < 4.78 is 5.27. The van der Waals surface area contributed by atoms with Gasteiger partial charge in [-0.15, -0.1) is 0 Å². The number of amides is 1. The van der Waals surface area contributed by atoms with Gasteiger partial charge in [-0.25, -0.2) is 0 Å². The molecule has 3 rings (SSSR count). The number of carbonyl (C=O) groups excluding carboxylic acids is 1. The lowest BCUT2D eigenvalue weighted by Gasteiger charge is -2.32. The van der Waals surface area contributed by atoms with Gasteiger partial charge in [-0.1, -0.05) is 41.9 Å². The average molecular weight is 313 g/mol. The largest absolute Gasteiger partial charge is 0.355 e. The van der Waals surface area contributed by atoms with E-state index in [9.17, 15) is 4.79 Å². The van der Waals surface area contributed by atoms with E-state index in [2.05, 4.69) is 22.3 Å². The zero-order valence-electron chi connectivity index (χ0n) is 13.5. The highest BCUT2D eigenvalue weighted by Crippen LogP contribution is 2.19. The van der Waals surface area contributed by atoms with E-state index in [1.165, 1.54) is 19.3 Å². The van der Waals surface area contributed by atoms with Crippen molar-refractivity contribution in [3.63, 3.8) is 0 Å². The van der Waals surface area contributed by atoms with Crippen LogP contribution in [0.25, 0.3) is 11.3 Å². The van der Waals surface area contributed by atoms with Gasteiger partial charge in [0.15, 0.2) is 11.5 Å². The maximum Gasteiger partial charge on any atom is 0.273 e. The number of carbonyl (C=O) groups is 1. The zero-order valence-corrected chi connectivity index (χ0v) is 13.5. The van der Waals surface area contributed by atoms with Crippen LogP contribution in [-0.4, -0.2) is 41.6 Å². The van der Waals surface area contributed by atoms with Crippen molar-refractivity contribution in [2.24, 2.45) is 0 Å². The first-order valence-electron chi connectivity index (χ1n) is 8.28. The molecule has 0 radical (unpaired) electrons. The number of hydrogen-bond donors (Lipinski definition) is 1. The number of likely N-dealkylation sites (tertiary alicyclic amines) is 1. The quantitative estimate of drug-likeness (QED) is 0.922. The molecular weight excluding hydrogens is 290 g/mol. The maximum atomic E-state index is 12.2. The van der Waals surface area contributed by atoms with Crippen molar-refractivity contribution in [2.45, 2.75) is 32.2 Å². The first-order valence-corrected chi connectivity index (χ1v) is 8.28. The van der Waals surface area contributed by atoms with Crippen LogP contribution in [-0.2, 0) is 0 Å². The summed E-state index contributed by atoms with van der Waals surface area (Å²) in [6, 6.07) is 11.7. The normalized spacial score (nSPS) is 16.9. The average Bonchev–Trinajstić information content (AvgIpc) is 3.11. The van der Waals surface area contributed by atoms with Crippen LogP contribution in [0.5, 0.6) is 0 Å². The molecule has 0 bridgehead atoms. The molecular formula is C18H23N3O2. The third-order valence-electron chi connectivity index (χ3n) is 4.37. The lowest BCUT2D eigenvalue weighted by Crippen LogP contribution is -2.44. The molecule has 1 aliphatic heterocycles. The molecule has 5 nitrogen and oxygen atoms in total. The molecule has 23 heavy (non-hydrogen) atoms. The molecule has 1 atom stereocenters. The highest BCUT2D eigenvalue weighted by molar-refractivity contribution is 5.93. The van der Waals surface area contributed by atoms with Gasteiger partial charge >= 0.3 is 0 Å². The molecule has 2 aromatic rings. The molecule has 2 heterocycles. The summed E-state index contributed by atoms with van der Waals surface area (Å²) in [4.78, 5) is 14.7. The predicted molar refractivity (Wildman–Crippen MR) is 89.2 cm³/mol. The van der Waals surface area contributed by atoms with Crippen molar-refractivity contribution in [3.05, 3.63) is 42.1 Å². The Balaban J connectivity index is 1.55. The summed E-state index contributed by atoms with van der Waals surface area (Å²) in [6.07, 6.45) is 3.82. The van der Waals surface area contributed by atoms with Crippen molar-refractivity contribution < 1.29 is 9.32 Å². The number of aromatic nitrogens is 1. The van der Waals surface area contributed by atoms with Crippen molar-refractivity contribution in [1.82, 2.24) is 15.4 Å². The summed E-state index contributed by atoms with van der Waals surface area (Å²) in [5, 5.41) is 6.84. The van der Waals surface area contributed by atoms with Gasteiger partial charge in [0.2, 0.25) is 0 Å². The molecule has 0 aliphatic carbocycles. The minimum atomic E-state index is -0.181. The van der Waals surface area contributed by atoms with Crippen LogP contribution >= 0.6 is 0 Å². The molecule has 122 valence electrons. The van der Waals surface area contributed by atoms with E-state index >= 15 is 0 Å². The Morgan fingerprint density at radius 1 is 1.26 bits per heavy atom. The lowest BCUT2D eigenvalue weighted by molar-refractivity contribution is 0.0921. The molecule has 1 aliphatic rings. The standard InChI is InChI=1S/C18H23N3O2/c1-14(21-10-6-3-7-11-21)13-19-18(22)16-12-17(23-20-16)15-8-4-2-5-9-15/h2,4-5,8-9,12,14H,3,6-7,10-11,13H2,1H3,(H,19,22). The number of piperidine rings is 1. The van der Waals surface area contributed by atoms with Crippen molar-refractivity contribution in [1.29, 1.82) is 0 Å². The molecule has 0 spiro atoms. The van der Waals surface area contributed by atoms with Gasteiger partial charge < -0.3 is 9.84 Å². The monoisotopic (exact) mass is 313 g/mol. The van der Waals surface area contributed by atoms with Crippen molar-refractivity contribution >= 4 is 5.91 Å². The van der Waals surface area contributed by atoms with E-state index in [-0.39, 0.29) is 5.91 Å². The minimum absolute atomic E-state index is 0.181. The van der Waals surface area contributed by atoms with Gasteiger partial charge in [0.05, 0.1) is 0 Å². The van der Waals surface area contributed by atoms with Crippen LogP contribution in [0.4, 0.5) is 0 Å². The number of benzene rings is 1. The Hall–Kier alpha value is -2.14. The van der Waals surface area contributed by atoms with Gasteiger partial charge in [0.25, 0.3) is 5.91 Å². The molecule has 1 saturated heterocycles. The SMILES string of the molecule is CC(CNC(=O)c1cc(-c2ccccc2)on1)N1CCCCC1. The Morgan fingerprint density at radius 2 is 2.00 bits per heavy atom. The number of rotatable bonds is 5. The maximum absolute atomic E-state index is 12.2. The lowest BCUT2D eigenvalue weighted by atomic mass is 10.1. The molecule has 1 unspecified atom stereocenters. The van der Waals surface area contributed by atoms with Crippen molar-refractivity contribution in [3.8, 4) is 11.3 Å². The fraction of sp³-hybridized carbons (Fsp3) is 0.444. The molecule has 1 aromatic heterocycles. The molecule has 5 heteroatoms. The topological polar surface area (TPSA) is 58.4 Å². The predicted octanol–water partition coefficient (Wildman–Crippen LogP) is 2.95. The molecule has 1 N–H and O–H groups in total. The molecule has 1 fully saturated rings. The van der Waals surface area contributed by atoms with Crippen LogP contribution in [0.3, 0.4) is 0 Å². The Labute approximate surface area is 136 Å². The van der Waals surface area contributed by atoms with Crippen LogP contribution in [0.15, 0.2) is 40.9 Å². The van der Waals surface area contributed by atoms with E-state index in [0.29, 0.717) is 24.0 Å². The highest BCUT2D eigenvalue weighted by Gasteiger charge is 2.19. The fourth-order valence-electron chi connectivity index (χ4n) is 2.94. The van der Waals surface area contributed by atoms with Crippen LogP contribution in [0.1, 0.15) is 36.7 Å². The van der Waals surface area contributed by atoms with Crippen LogP contribution in [0.2, 0.25) is 0 Å². The summed E-state index contributed by atoms with van der Waals surface area (Å²) in [5.74, 6) is 0.430. The fourth-order valence-corrected chi connectivity index (χ4v) is 2.94. The summed E-state index contributed by atoms with van der Waals surface area (Å²) in [7, 11) is 0. The van der Waals surface area contributed by atoms with Gasteiger partial charge in [0.1, 0.15) is 0 Å². The Kier molecular flexibility index (Phi) is 5.08. The van der Waals surface area contributed by atoms with E-state index in [1.807, 2.05) is 30.3 Å². The van der Waals surface area contributed by atoms with Crippen molar-refractivity contribution in [2.75, 3.05) is 19.6 Å². The van der Waals surface area contributed by atoms with Gasteiger partial charge in [-0.05, 0) is 32.9 Å². The molecule has 0 saturated carbocycles. The molecule has 1 aromatic carbocycles. The summed E-state index contributed by atoms with van der Waals surface area (Å²) in [6.45, 7) is 5.04. The third kappa shape index (κ3) is 3.99. The van der Waals surface area contributed by atoms with Gasteiger partial charge in [-0.2, -0.15) is 0 Å². The van der Waals surface area contributed by atoms with Gasteiger partial charge in [-0.3, -0.25) is 9.69 Å². The summed E-state index contributed by atoms with van der Waals surface area (Å²) in [5.41, 5.74) is 1.25. The third-order valence-corrected chi connectivity index (χ3v) is 4.37. The number of nitrogens with one attached hydrogen (secondary N) is 1. The van der Waals surface area contributed by atoms with Gasteiger partial charge in [0, 0.05) is 24.2 Å². The van der Waals surface area contributed by atoms with Crippen LogP contribution < -0.4 is 5.32 Å². The second-order valence-electron chi connectivity index (χ2n) is 6.10. The van der Waals surface area contributed by atoms with E-state index in [0.717, 1.165) is 18.7 Å².